The van der Waals surface area contributed by atoms with Gasteiger partial charge in [0.15, 0.2) is 12.2 Å². The molecule has 2 aliphatic heterocycles. The number of aliphatic carboxylic acids is 2. The number of carbonyl (C=O) groups excluding carboxylic acids is 2. The number of rotatable bonds is 10. The molecule has 2 amide bonds. The second kappa shape index (κ2) is 14.2. The van der Waals surface area contributed by atoms with E-state index in [1.54, 1.807) is 0 Å². The Labute approximate surface area is 247 Å². The molecule has 2 heterocycles. The van der Waals surface area contributed by atoms with Crippen molar-refractivity contribution in [2.75, 3.05) is 32.8 Å². The molecule has 1 saturated heterocycles. The quantitative estimate of drug-likeness (QED) is 0.214. The van der Waals surface area contributed by atoms with Crippen molar-refractivity contribution in [3.8, 4) is 5.75 Å². The average molecular weight is 595 g/mol. The number of aliphatic hydroxyl groups excluding tert-OH is 3. The van der Waals surface area contributed by atoms with Gasteiger partial charge in [0.1, 0.15) is 18.5 Å². The van der Waals surface area contributed by atoms with Crippen LogP contribution in [0.2, 0.25) is 0 Å². The summed E-state index contributed by atoms with van der Waals surface area (Å²) >= 11 is 0. The number of ether oxygens (including phenoxy) is 1. The summed E-state index contributed by atoms with van der Waals surface area (Å²) in [6.45, 7) is 2.91. The van der Waals surface area contributed by atoms with Gasteiger partial charge in [0, 0.05) is 29.6 Å². The Morgan fingerprint density at radius 1 is 0.791 bits per heavy atom. The number of likely N-dealkylation sites (tertiary alicyclic amines) is 1. The first-order valence-corrected chi connectivity index (χ1v) is 13.8. The number of benzene rings is 3. The first-order chi connectivity index (χ1) is 20.6. The van der Waals surface area contributed by atoms with Crippen LogP contribution in [0.3, 0.4) is 0 Å². The lowest BCUT2D eigenvalue weighted by Crippen LogP contribution is -2.46. The monoisotopic (exact) mass is 594 g/mol. The Morgan fingerprint density at radius 2 is 1.33 bits per heavy atom. The second-order valence-electron chi connectivity index (χ2n) is 10.5. The van der Waals surface area contributed by atoms with Gasteiger partial charge < -0.3 is 35.2 Å². The van der Waals surface area contributed by atoms with Gasteiger partial charge in [-0.25, -0.2) is 9.59 Å². The number of imide groups is 1. The maximum atomic E-state index is 13.1. The van der Waals surface area contributed by atoms with Gasteiger partial charge in [-0.15, -0.1) is 0 Å². The van der Waals surface area contributed by atoms with E-state index in [1.807, 2.05) is 66.7 Å². The lowest BCUT2D eigenvalue weighted by atomic mass is 9.91. The van der Waals surface area contributed by atoms with Gasteiger partial charge in [0.25, 0.3) is 11.8 Å². The molecule has 3 aromatic rings. The number of para-hydroxylation sites is 1. The van der Waals surface area contributed by atoms with Crippen molar-refractivity contribution in [2.24, 2.45) is 5.92 Å². The van der Waals surface area contributed by atoms with Gasteiger partial charge >= 0.3 is 11.9 Å². The van der Waals surface area contributed by atoms with E-state index in [4.69, 9.17) is 25.2 Å². The zero-order chi connectivity index (χ0) is 31.1. The topological polar surface area (TPSA) is 185 Å². The number of carboxylic acids is 2. The SMILES string of the molecule is O=C(O)[C@H](O)[C@@H](O)C(=O)O.O=C1c2cccc3cccc(c23)C(=O)N1CC1CCN(CC(O)COc2ccccc2)CC1. The molecular formula is C31H34N2O10. The van der Waals surface area contributed by atoms with Gasteiger partial charge in [-0.2, -0.15) is 0 Å². The smallest absolute Gasteiger partial charge is 0.335 e. The first kappa shape index (κ1) is 31.6. The van der Waals surface area contributed by atoms with Gasteiger partial charge in [-0.3, -0.25) is 14.5 Å². The lowest BCUT2D eigenvalue weighted by Gasteiger charge is -2.36. The molecule has 0 saturated carbocycles. The van der Waals surface area contributed by atoms with Crippen LogP contribution in [-0.4, -0.2) is 110 Å². The minimum atomic E-state index is -2.27. The van der Waals surface area contributed by atoms with Crippen LogP contribution in [0.1, 0.15) is 33.6 Å². The van der Waals surface area contributed by atoms with Crippen molar-refractivity contribution in [3.63, 3.8) is 0 Å². The molecule has 0 bridgehead atoms. The van der Waals surface area contributed by atoms with Crippen molar-refractivity contribution in [2.45, 2.75) is 31.2 Å². The lowest BCUT2D eigenvalue weighted by molar-refractivity contribution is -0.165. The third-order valence-corrected chi connectivity index (χ3v) is 7.46. The minimum absolute atomic E-state index is 0.194. The Hall–Kier alpha value is -4.36. The maximum absolute atomic E-state index is 13.1. The highest BCUT2D eigenvalue weighted by atomic mass is 16.5. The summed E-state index contributed by atoms with van der Waals surface area (Å²) in [6, 6.07) is 20.7. The molecule has 2 aliphatic rings. The molecule has 43 heavy (non-hydrogen) atoms. The standard InChI is InChI=1S/C27H28N2O4.C4H6O6/c30-21(18-33-22-8-2-1-3-9-22)17-28-14-12-19(13-15-28)16-29-26(31)23-10-4-6-20-7-5-11-24(25(20)23)27(29)32;5-1(3(7)8)2(6)4(9)10/h1-11,19,21,30H,12-18H2;1-2,5-6H,(H,7,8)(H,9,10)/t;1-,2-/m.1/s1. The number of carbonyl (C=O) groups is 4. The highest BCUT2D eigenvalue weighted by molar-refractivity contribution is 6.25. The van der Waals surface area contributed by atoms with Crippen LogP contribution in [-0.2, 0) is 9.59 Å². The summed E-state index contributed by atoms with van der Waals surface area (Å²) in [7, 11) is 0. The Bertz CT molecular complexity index is 1390. The van der Waals surface area contributed by atoms with E-state index in [1.165, 1.54) is 4.90 Å². The van der Waals surface area contributed by atoms with E-state index in [0.29, 0.717) is 24.2 Å². The van der Waals surface area contributed by atoms with E-state index in [2.05, 4.69) is 4.90 Å². The van der Waals surface area contributed by atoms with Crippen LogP contribution in [0.25, 0.3) is 10.8 Å². The molecule has 1 fully saturated rings. The number of carboxylic acid groups (broad SMARTS) is 2. The fourth-order valence-corrected chi connectivity index (χ4v) is 5.19. The fraction of sp³-hybridized carbons (Fsp3) is 0.355. The number of piperidine rings is 1. The van der Waals surface area contributed by atoms with Gasteiger partial charge in [-0.05, 0) is 61.5 Å². The number of nitrogens with zero attached hydrogens (tertiary/aromatic N) is 2. The summed E-state index contributed by atoms with van der Waals surface area (Å²) in [5.74, 6) is -2.91. The van der Waals surface area contributed by atoms with Crippen molar-refractivity contribution < 1.29 is 49.4 Å². The highest BCUT2D eigenvalue weighted by Gasteiger charge is 2.35. The van der Waals surface area contributed by atoms with Crippen LogP contribution in [0.5, 0.6) is 5.75 Å². The zero-order valence-corrected chi connectivity index (χ0v) is 23.3. The molecule has 12 heteroatoms. The van der Waals surface area contributed by atoms with E-state index in [0.717, 1.165) is 42.5 Å². The summed E-state index contributed by atoms with van der Waals surface area (Å²) < 4.78 is 5.65. The van der Waals surface area contributed by atoms with E-state index in [-0.39, 0.29) is 24.3 Å². The molecular weight excluding hydrogens is 560 g/mol. The number of aliphatic hydroxyl groups is 3. The summed E-state index contributed by atoms with van der Waals surface area (Å²) in [5, 5.41) is 44.6. The van der Waals surface area contributed by atoms with Crippen LogP contribution in [0, 0.1) is 5.92 Å². The number of hydrogen-bond acceptors (Lipinski definition) is 9. The van der Waals surface area contributed by atoms with Crippen molar-refractivity contribution in [1.29, 1.82) is 0 Å². The molecule has 228 valence electrons. The number of amides is 2. The Balaban J connectivity index is 0.000000365. The molecule has 5 rings (SSSR count). The van der Waals surface area contributed by atoms with Crippen molar-refractivity contribution >= 4 is 34.5 Å². The predicted octanol–water partition coefficient (Wildman–Crippen LogP) is 1.47. The normalized spacial score (nSPS) is 17.5. The molecule has 1 unspecified atom stereocenters. The molecule has 12 nitrogen and oxygen atoms in total. The molecule has 0 aromatic heterocycles. The Kier molecular flexibility index (Phi) is 10.4. The van der Waals surface area contributed by atoms with Gasteiger partial charge in [-0.1, -0.05) is 42.5 Å². The third kappa shape index (κ3) is 7.73. The molecule has 3 aromatic carbocycles. The van der Waals surface area contributed by atoms with E-state index < -0.39 is 30.3 Å². The third-order valence-electron chi connectivity index (χ3n) is 7.46. The largest absolute Gasteiger partial charge is 0.491 e. The molecule has 3 atom stereocenters. The highest BCUT2D eigenvalue weighted by Crippen LogP contribution is 2.31. The van der Waals surface area contributed by atoms with E-state index in [9.17, 15) is 24.3 Å². The molecule has 0 radical (unpaired) electrons. The number of hydrogen-bond donors (Lipinski definition) is 5. The maximum Gasteiger partial charge on any atom is 0.335 e. The first-order valence-electron chi connectivity index (χ1n) is 13.8. The van der Waals surface area contributed by atoms with Crippen molar-refractivity contribution in [3.05, 3.63) is 77.9 Å². The minimum Gasteiger partial charge on any atom is -0.491 e. The molecule has 5 N–H and O–H groups in total. The van der Waals surface area contributed by atoms with Crippen LogP contribution < -0.4 is 4.74 Å². The number of β-amino-alcohol motifs (C(OH)–C–C–N with tert-alkyl or cyclic N) is 1. The summed E-state index contributed by atoms with van der Waals surface area (Å²) in [5.41, 5.74) is 1.23. The molecule has 0 spiro atoms. The Morgan fingerprint density at radius 3 is 1.84 bits per heavy atom. The van der Waals surface area contributed by atoms with Crippen LogP contribution in [0.4, 0.5) is 0 Å². The fourth-order valence-electron chi connectivity index (χ4n) is 5.19. The van der Waals surface area contributed by atoms with Crippen LogP contribution >= 0.6 is 0 Å². The van der Waals surface area contributed by atoms with Gasteiger partial charge in [0.2, 0.25) is 0 Å². The van der Waals surface area contributed by atoms with E-state index >= 15 is 0 Å². The van der Waals surface area contributed by atoms with Crippen LogP contribution in [0.15, 0.2) is 66.7 Å². The predicted molar refractivity (Wildman–Crippen MR) is 154 cm³/mol. The average Bonchev–Trinajstić information content (AvgIpc) is 3.01. The second-order valence-corrected chi connectivity index (χ2v) is 10.5. The van der Waals surface area contributed by atoms with Gasteiger partial charge in [0.05, 0.1) is 0 Å². The zero-order valence-electron chi connectivity index (χ0n) is 23.3. The van der Waals surface area contributed by atoms with Crippen molar-refractivity contribution in [1.82, 2.24) is 9.80 Å². The summed E-state index contributed by atoms with van der Waals surface area (Å²) in [6.07, 6.45) is -3.33. The summed E-state index contributed by atoms with van der Waals surface area (Å²) in [4.78, 5) is 49.5. The molecule has 0 aliphatic carbocycles.